The van der Waals surface area contributed by atoms with Crippen molar-refractivity contribution in [1.82, 2.24) is 0 Å². The van der Waals surface area contributed by atoms with Gasteiger partial charge in [0, 0.05) is 20.9 Å². The summed E-state index contributed by atoms with van der Waals surface area (Å²) in [5, 5.41) is 0. The van der Waals surface area contributed by atoms with Gasteiger partial charge >= 0.3 is 0 Å². The Labute approximate surface area is 254 Å². The topological polar surface area (TPSA) is 34.1 Å². The molecular weight excluding hydrogens is 541 g/mol. The van der Waals surface area contributed by atoms with Crippen LogP contribution in [-0.2, 0) is 0 Å². The fourth-order valence-electron chi connectivity index (χ4n) is 5.96. The van der Waals surface area contributed by atoms with E-state index in [0.717, 1.165) is 36.3 Å². The predicted molar refractivity (Wildman–Crippen MR) is 177 cm³/mol. The number of allylic oxidation sites excluding steroid dienone is 2. The molecule has 5 rings (SSSR count). The van der Waals surface area contributed by atoms with Gasteiger partial charge in [-0.05, 0) is 87.8 Å². The number of ketones is 2. The van der Waals surface area contributed by atoms with Crippen molar-refractivity contribution in [3.63, 3.8) is 0 Å². The van der Waals surface area contributed by atoms with Crippen LogP contribution < -0.4 is 0 Å². The van der Waals surface area contributed by atoms with Gasteiger partial charge in [-0.1, -0.05) is 115 Å². The number of thioether (sulfide) groups is 2. The maximum Gasteiger partial charge on any atom is 0.200 e. The van der Waals surface area contributed by atoms with Gasteiger partial charge in [0.1, 0.15) is 0 Å². The average molecular weight is 581 g/mol. The molecule has 3 aromatic rings. The zero-order valence-electron chi connectivity index (χ0n) is 25.6. The standard InChI is InChI=1S/C37H40O2S2/c1-19(2)24-12-10-13-25(20(3)4)28(24)17-32-34(38)30-16-31-35(39)33(41-37(31)23(9)36(30)40-32)18-29-26(21(5)6)14-11-15-27(29)22(7)8/h10-22H,1-9H3/b32-17-,33-18-. The summed E-state index contributed by atoms with van der Waals surface area (Å²) < 4.78 is 0. The van der Waals surface area contributed by atoms with Crippen molar-refractivity contribution in [2.75, 3.05) is 0 Å². The van der Waals surface area contributed by atoms with Gasteiger partial charge in [0.15, 0.2) is 0 Å². The molecule has 2 heterocycles. The van der Waals surface area contributed by atoms with Gasteiger partial charge in [-0.3, -0.25) is 9.59 Å². The van der Waals surface area contributed by atoms with E-state index in [0.29, 0.717) is 34.8 Å². The first-order chi connectivity index (χ1) is 19.4. The number of benzene rings is 3. The van der Waals surface area contributed by atoms with E-state index >= 15 is 0 Å². The number of fused-ring (bicyclic) bond motifs is 2. The Balaban J connectivity index is 1.56. The van der Waals surface area contributed by atoms with Crippen molar-refractivity contribution in [1.29, 1.82) is 0 Å². The maximum atomic E-state index is 13.8. The normalized spacial score (nSPS) is 16.8. The fourth-order valence-corrected chi connectivity index (χ4v) is 8.26. The van der Waals surface area contributed by atoms with Crippen LogP contribution in [-0.4, -0.2) is 11.6 Å². The van der Waals surface area contributed by atoms with Crippen molar-refractivity contribution >= 4 is 47.2 Å². The molecule has 0 saturated carbocycles. The molecule has 0 atom stereocenters. The Bertz CT molecular complexity index is 1460. The second-order valence-corrected chi connectivity index (χ2v) is 14.6. The summed E-state index contributed by atoms with van der Waals surface area (Å²) in [5.74, 6) is 1.45. The second kappa shape index (κ2) is 11.5. The van der Waals surface area contributed by atoms with E-state index in [9.17, 15) is 9.59 Å². The molecule has 0 fully saturated rings. The molecule has 2 aliphatic rings. The highest BCUT2D eigenvalue weighted by Crippen LogP contribution is 2.52. The molecule has 0 radical (unpaired) electrons. The Kier molecular flexibility index (Phi) is 8.29. The minimum absolute atomic E-state index is 0.0200. The third-order valence-corrected chi connectivity index (χ3v) is 10.7. The first-order valence-electron chi connectivity index (χ1n) is 14.7. The number of Topliss-reactive ketones (excluding diaryl/α,β-unsaturated/α-hetero) is 2. The van der Waals surface area contributed by atoms with E-state index in [-0.39, 0.29) is 11.6 Å². The summed E-state index contributed by atoms with van der Waals surface area (Å²) in [4.78, 5) is 31.1. The number of carbonyl (C=O) groups is 2. The lowest BCUT2D eigenvalue weighted by atomic mass is 9.88. The number of hydrogen-bond acceptors (Lipinski definition) is 4. The Hall–Kier alpha value is -2.82. The number of hydrogen-bond donors (Lipinski definition) is 0. The van der Waals surface area contributed by atoms with Crippen molar-refractivity contribution in [3.05, 3.63) is 102 Å². The number of rotatable bonds is 6. The monoisotopic (exact) mass is 580 g/mol. The van der Waals surface area contributed by atoms with Gasteiger partial charge in [-0.15, -0.1) is 0 Å². The summed E-state index contributed by atoms with van der Waals surface area (Å²) in [6.45, 7) is 19.7. The molecule has 2 aliphatic heterocycles. The minimum Gasteiger partial charge on any atom is -0.288 e. The van der Waals surface area contributed by atoms with E-state index in [1.807, 2.05) is 6.07 Å². The van der Waals surface area contributed by atoms with Crippen LogP contribution in [0.2, 0.25) is 0 Å². The van der Waals surface area contributed by atoms with Crippen molar-refractivity contribution in [2.24, 2.45) is 0 Å². The zero-order valence-corrected chi connectivity index (χ0v) is 27.3. The summed E-state index contributed by atoms with van der Waals surface area (Å²) in [7, 11) is 0. The highest BCUT2D eigenvalue weighted by Gasteiger charge is 2.36. The van der Waals surface area contributed by atoms with Crippen LogP contribution in [0.4, 0.5) is 0 Å². The molecule has 212 valence electrons. The highest BCUT2D eigenvalue weighted by molar-refractivity contribution is 8.05. The average Bonchev–Trinajstić information content (AvgIpc) is 3.40. The highest BCUT2D eigenvalue weighted by atomic mass is 32.2. The first-order valence-corrected chi connectivity index (χ1v) is 16.4. The van der Waals surface area contributed by atoms with E-state index < -0.39 is 0 Å². The molecule has 0 saturated heterocycles. The van der Waals surface area contributed by atoms with Crippen LogP contribution in [0.25, 0.3) is 12.2 Å². The quantitative estimate of drug-likeness (QED) is 0.272. The first kappa shape index (κ1) is 29.7. The maximum absolute atomic E-state index is 13.8. The number of carbonyl (C=O) groups excluding carboxylic acids is 2. The molecule has 0 bridgehead atoms. The molecule has 0 N–H and O–H groups in total. The SMILES string of the molecule is Cc1c2c(cc3c1S/C(=C\c1c(C(C)C)cccc1C(C)C)C3=O)C(=O)/C(=C/c1c(C(C)C)cccc1C(C)C)S2. The molecule has 3 aromatic carbocycles. The third-order valence-electron chi connectivity index (χ3n) is 8.21. The van der Waals surface area contributed by atoms with Crippen molar-refractivity contribution in [2.45, 2.75) is 95.8 Å². The second-order valence-electron chi connectivity index (χ2n) is 12.5. The molecule has 0 unspecified atom stereocenters. The molecule has 0 amide bonds. The Morgan fingerprint density at radius 3 is 1.17 bits per heavy atom. The molecule has 2 nitrogen and oxygen atoms in total. The van der Waals surface area contributed by atoms with Gasteiger partial charge in [-0.2, -0.15) is 0 Å². The lowest BCUT2D eigenvalue weighted by molar-refractivity contribution is 0.104. The van der Waals surface area contributed by atoms with Gasteiger partial charge in [-0.25, -0.2) is 0 Å². The Morgan fingerprint density at radius 2 is 0.878 bits per heavy atom. The van der Waals surface area contributed by atoms with Gasteiger partial charge < -0.3 is 0 Å². The predicted octanol–water partition coefficient (Wildman–Crippen LogP) is 11.1. The van der Waals surface area contributed by atoms with Crippen molar-refractivity contribution in [3.8, 4) is 0 Å². The van der Waals surface area contributed by atoms with Gasteiger partial charge in [0.2, 0.25) is 11.6 Å². The van der Waals surface area contributed by atoms with Gasteiger partial charge in [0.25, 0.3) is 0 Å². The van der Waals surface area contributed by atoms with E-state index in [1.54, 1.807) is 23.5 Å². The summed E-state index contributed by atoms with van der Waals surface area (Å²) in [6.07, 6.45) is 4.19. The van der Waals surface area contributed by atoms with Crippen LogP contribution in [0.15, 0.2) is 62.1 Å². The lowest BCUT2D eigenvalue weighted by Crippen LogP contribution is -2.03. The summed E-state index contributed by atoms with van der Waals surface area (Å²) in [5.41, 5.74) is 9.70. The van der Waals surface area contributed by atoms with E-state index in [1.165, 1.54) is 22.3 Å². The zero-order chi connectivity index (χ0) is 29.7. The minimum atomic E-state index is 0.0200. The van der Waals surface area contributed by atoms with Crippen LogP contribution in [0.1, 0.15) is 139 Å². The Morgan fingerprint density at radius 1 is 0.561 bits per heavy atom. The molecule has 0 aromatic heterocycles. The largest absolute Gasteiger partial charge is 0.288 e. The summed E-state index contributed by atoms with van der Waals surface area (Å²) >= 11 is 3.12. The molecule has 4 heteroatoms. The molecule has 41 heavy (non-hydrogen) atoms. The molecule has 0 spiro atoms. The van der Waals surface area contributed by atoms with Crippen molar-refractivity contribution < 1.29 is 9.59 Å². The van der Waals surface area contributed by atoms with E-state index in [4.69, 9.17) is 0 Å². The van der Waals surface area contributed by atoms with Crippen LogP contribution >= 0.6 is 23.5 Å². The lowest BCUT2D eigenvalue weighted by Gasteiger charge is -2.17. The van der Waals surface area contributed by atoms with E-state index in [2.05, 4.69) is 111 Å². The van der Waals surface area contributed by atoms with Gasteiger partial charge in [0.05, 0.1) is 9.81 Å². The fraction of sp³-hybridized carbons (Fsp3) is 0.351. The molecular formula is C37H40O2S2. The molecule has 0 aliphatic carbocycles. The third kappa shape index (κ3) is 5.30. The van der Waals surface area contributed by atoms with Crippen LogP contribution in [0.3, 0.4) is 0 Å². The smallest absolute Gasteiger partial charge is 0.200 e. The van der Waals surface area contributed by atoms with Crippen LogP contribution in [0.5, 0.6) is 0 Å². The van der Waals surface area contributed by atoms with Crippen LogP contribution in [0, 0.1) is 6.92 Å². The summed E-state index contributed by atoms with van der Waals surface area (Å²) in [6, 6.07) is 14.8.